The van der Waals surface area contributed by atoms with Crippen molar-refractivity contribution in [3.63, 3.8) is 0 Å². The number of hydrogen-bond donors (Lipinski definition) is 0. The zero-order chi connectivity index (χ0) is 40.2. The summed E-state index contributed by atoms with van der Waals surface area (Å²) in [5, 5.41) is 0. The number of likely N-dealkylation sites (tertiary alicyclic amines) is 2. The molecule has 3 aliphatic rings. The fourth-order valence-electron chi connectivity index (χ4n) is 8.42. The molecule has 0 aliphatic carbocycles. The second kappa shape index (κ2) is 17.3. The van der Waals surface area contributed by atoms with E-state index in [4.69, 9.17) is 14.2 Å². The van der Waals surface area contributed by atoms with Crippen LogP contribution in [0.1, 0.15) is 58.3 Å². The fourth-order valence-corrected chi connectivity index (χ4v) is 8.42. The summed E-state index contributed by atoms with van der Waals surface area (Å²) < 4.78 is 98.3. The van der Waals surface area contributed by atoms with Crippen LogP contribution in [0.4, 0.5) is 26.3 Å². The summed E-state index contributed by atoms with van der Waals surface area (Å²) in [6, 6.07) is 14.1. The second-order valence-electron chi connectivity index (χ2n) is 14.7. The number of carbonyl (C=O) groups excluding carboxylic acids is 2. The van der Waals surface area contributed by atoms with Gasteiger partial charge < -0.3 is 24.0 Å². The van der Waals surface area contributed by atoms with Crippen molar-refractivity contribution >= 4 is 11.8 Å². The largest absolute Gasteiger partial charge is 0.493 e. The first-order valence-corrected chi connectivity index (χ1v) is 18.9. The molecule has 3 heterocycles. The molecule has 2 atom stereocenters. The van der Waals surface area contributed by atoms with Crippen LogP contribution in [0.2, 0.25) is 0 Å². The number of piperazine rings is 1. The third-order valence-corrected chi connectivity index (χ3v) is 11.4. The molecule has 56 heavy (non-hydrogen) atoms. The Balaban J connectivity index is 1.06. The van der Waals surface area contributed by atoms with Gasteiger partial charge in [-0.2, -0.15) is 26.3 Å². The van der Waals surface area contributed by atoms with Gasteiger partial charge in [0.1, 0.15) is 0 Å². The van der Waals surface area contributed by atoms with Crippen LogP contribution >= 0.6 is 0 Å². The number of halogens is 6. The summed E-state index contributed by atoms with van der Waals surface area (Å²) in [4.78, 5) is 35.4. The minimum Gasteiger partial charge on any atom is -0.493 e. The summed E-state index contributed by atoms with van der Waals surface area (Å²) in [5.41, 5.74) is -1.93. The van der Waals surface area contributed by atoms with Crippen LogP contribution in [0.25, 0.3) is 0 Å². The van der Waals surface area contributed by atoms with Crippen molar-refractivity contribution in [3.8, 4) is 17.2 Å². The van der Waals surface area contributed by atoms with Gasteiger partial charge in [0, 0.05) is 69.5 Å². The van der Waals surface area contributed by atoms with Crippen molar-refractivity contribution in [3.05, 3.63) is 88.5 Å². The SMILES string of the molecule is COc1cc(CC(=O)N2CCC(N3CCN(C4CCN(C(=O)c5cc(C(F)(F)F)cc(C(F)(F)F)c5)C(Cc5ccccc5)C4)CC3)CC2)cc(OC)c1OC. The maximum atomic E-state index is 13.8. The molecule has 2 amide bonds. The standard InChI is InChI=1S/C41H48F6N4O5/c1-54-35-20-28(21-36(55-2)38(35)56-3)22-37(52)50-12-9-32(10-13-50)48-15-17-49(18-16-48)33-11-14-51(34(26-33)19-27-7-5-4-6-8-27)39(53)29-23-30(40(42,43)44)25-31(24-29)41(45,46)47/h4-8,20-21,23-25,32-34H,9-19,22,26H2,1-3H3. The fraction of sp³-hybridized carbons (Fsp3) is 0.512. The minimum atomic E-state index is -5.05. The molecule has 2 unspecified atom stereocenters. The molecule has 0 spiro atoms. The lowest BCUT2D eigenvalue weighted by Crippen LogP contribution is -2.58. The van der Waals surface area contributed by atoms with Gasteiger partial charge in [-0.1, -0.05) is 30.3 Å². The van der Waals surface area contributed by atoms with Crippen molar-refractivity contribution in [1.82, 2.24) is 19.6 Å². The highest BCUT2D eigenvalue weighted by Crippen LogP contribution is 2.39. The van der Waals surface area contributed by atoms with Crippen LogP contribution < -0.4 is 14.2 Å². The molecular formula is C41H48F6N4O5. The molecule has 0 N–H and O–H groups in total. The van der Waals surface area contributed by atoms with Crippen molar-refractivity contribution in [2.24, 2.45) is 0 Å². The van der Waals surface area contributed by atoms with Gasteiger partial charge in [-0.15, -0.1) is 0 Å². The number of rotatable bonds is 10. The highest BCUT2D eigenvalue weighted by atomic mass is 19.4. The van der Waals surface area contributed by atoms with E-state index in [-0.39, 0.29) is 31.0 Å². The number of amides is 2. The molecular weight excluding hydrogens is 742 g/mol. The molecule has 0 radical (unpaired) electrons. The average Bonchev–Trinajstić information content (AvgIpc) is 3.19. The van der Waals surface area contributed by atoms with E-state index in [9.17, 15) is 35.9 Å². The van der Waals surface area contributed by atoms with Crippen molar-refractivity contribution in [2.45, 2.75) is 69.0 Å². The first-order valence-electron chi connectivity index (χ1n) is 18.9. The van der Waals surface area contributed by atoms with E-state index in [1.807, 2.05) is 35.2 Å². The van der Waals surface area contributed by atoms with Gasteiger partial charge >= 0.3 is 12.4 Å². The molecule has 0 saturated carbocycles. The van der Waals surface area contributed by atoms with Gasteiger partial charge in [-0.25, -0.2) is 0 Å². The van der Waals surface area contributed by atoms with Crippen LogP contribution in [0.5, 0.6) is 17.2 Å². The Bertz CT molecular complexity index is 1770. The van der Waals surface area contributed by atoms with Crippen LogP contribution in [-0.4, -0.2) is 117 Å². The second-order valence-corrected chi connectivity index (χ2v) is 14.7. The lowest BCUT2D eigenvalue weighted by molar-refractivity contribution is -0.143. The smallest absolute Gasteiger partial charge is 0.416 e. The molecule has 3 aliphatic heterocycles. The monoisotopic (exact) mass is 790 g/mol. The van der Waals surface area contributed by atoms with Crippen LogP contribution in [0, 0.1) is 0 Å². The van der Waals surface area contributed by atoms with E-state index >= 15 is 0 Å². The number of hydrogen-bond acceptors (Lipinski definition) is 7. The van der Waals surface area contributed by atoms with E-state index in [0.717, 1.165) is 50.1 Å². The lowest BCUT2D eigenvalue weighted by atomic mass is 9.90. The molecule has 15 heteroatoms. The van der Waals surface area contributed by atoms with Gasteiger partial charge in [0.25, 0.3) is 5.91 Å². The Morgan fingerprint density at radius 2 is 1.20 bits per heavy atom. The summed E-state index contributed by atoms with van der Waals surface area (Å²) in [6.07, 6.45) is -6.67. The number of piperidine rings is 2. The molecule has 6 rings (SSSR count). The predicted molar refractivity (Wildman–Crippen MR) is 197 cm³/mol. The maximum Gasteiger partial charge on any atom is 0.416 e. The van der Waals surface area contributed by atoms with Gasteiger partial charge in [-0.05, 0) is 73.6 Å². The van der Waals surface area contributed by atoms with Crippen LogP contribution in [0.3, 0.4) is 0 Å². The maximum absolute atomic E-state index is 13.8. The van der Waals surface area contributed by atoms with Gasteiger partial charge in [0.15, 0.2) is 11.5 Å². The Morgan fingerprint density at radius 3 is 1.71 bits per heavy atom. The highest BCUT2D eigenvalue weighted by Gasteiger charge is 2.41. The van der Waals surface area contributed by atoms with E-state index in [1.165, 1.54) is 26.2 Å². The van der Waals surface area contributed by atoms with Crippen molar-refractivity contribution in [2.75, 3.05) is 67.1 Å². The Morgan fingerprint density at radius 1 is 0.661 bits per heavy atom. The summed E-state index contributed by atoms with van der Waals surface area (Å²) in [5.74, 6) is 0.665. The Hall–Kier alpha value is -4.50. The number of benzene rings is 3. The van der Waals surface area contributed by atoms with Crippen LogP contribution in [-0.2, 0) is 30.0 Å². The average molecular weight is 791 g/mol. The zero-order valence-corrected chi connectivity index (χ0v) is 31.8. The van der Waals surface area contributed by atoms with Gasteiger partial charge in [0.05, 0.1) is 38.9 Å². The normalized spacial score (nSPS) is 20.5. The number of ether oxygens (including phenoxy) is 3. The van der Waals surface area contributed by atoms with E-state index in [1.54, 1.807) is 12.1 Å². The Labute approximate surface area is 323 Å². The summed E-state index contributed by atoms with van der Waals surface area (Å²) in [6.45, 7) is 4.75. The first-order chi connectivity index (χ1) is 26.7. The van der Waals surface area contributed by atoms with Gasteiger partial charge in [-0.3, -0.25) is 19.4 Å². The van der Waals surface area contributed by atoms with Crippen molar-refractivity contribution < 1.29 is 50.1 Å². The number of nitrogens with zero attached hydrogens (tertiary/aromatic N) is 4. The van der Waals surface area contributed by atoms with Gasteiger partial charge in [0.2, 0.25) is 11.7 Å². The molecule has 0 aromatic heterocycles. The van der Waals surface area contributed by atoms with E-state index < -0.39 is 41.0 Å². The summed E-state index contributed by atoms with van der Waals surface area (Å²) >= 11 is 0. The quantitative estimate of drug-likeness (QED) is 0.209. The highest BCUT2D eigenvalue weighted by molar-refractivity contribution is 5.95. The molecule has 0 bridgehead atoms. The molecule has 3 fully saturated rings. The summed E-state index contributed by atoms with van der Waals surface area (Å²) in [7, 11) is 4.61. The third-order valence-electron chi connectivity index (χ3n) is 11.4. The predicted octanol–water partition coefficient (Wildman–Crippen LogP) is 6.82. The molecule has 3 aromatic rings. The Kier molecular flexibility index (Phi) is 12.7. The molecule has 3 aromatic carbocycles. The molecule has 9 nitrogen and oxygen atoms in total. The first kappa shape index (κ1) is 41.1. The topological polar surface area (TPSA) is 74.8 Å². The van der Waals surface area contributed by atoms with Crippen molar-refractivity contribution in [1.29, 1.82) is 0 Å². The van der Waals surface area contributed by atoms with E-state index in [2.05, 4.69) is 9.80 Å². The number of alkyl halides is 6. The third kappa shape index (κ3) is 9.54. The van der Waals surface area contributed by atoms with E-state index in [0.29, 0.717) is 67.8 Å². The van der Waals surface area contributed by atoms with Crippen LogP contribution in [0.15, 0.2) is 60.7 Å². The number of carbonyl (C=O) groups is 2. The number of methoxy groups -OCH3 is 3. The molecule has 304 valence electrons. The lowest BCUT2D eigenvalue weighted by Gasteiger charge is -2.48. The molecule has 3 saturated heterocycles. The zero-order valence-electron chi connectivity index (χ0n) is 31.8. The minimum absolute atomic E-state index is 0.0336.